The zero-order valence-electron chi connectivity index (χ0n) is 15.7. The lowest BCUT2D eigenvalue weighted by Crippen LogP contribution is -2.54. The Balaban J connectivity index is 1.48. The zero-order chi connectivity index (χ0) is 17.4. The van der Waals surface area contributed by atoms with Crippen LogP contribution in [0.3, 0.4) is 0 Å². The molecule has 3 heteroatoms. The van der Waals surface area contributed by atoms with Gasteiger partial charge in [-0.1, -0.05) is 19.4 Å². The number of ketones is 1. The molecule has 4 aliphatic carbocycles. The first-order valence-corrected chi connectivity index (χ1v) is 10.5. The molecule has 0 amide bonds. The predicted molar refractivity (Wildman–Crippen MR) is 95.8 cm³/mol. The van der Waals surface area contributed by atoms with Gasteiger partial charge in [0.2, 0.25) is 0 Å². The number of fused-ring (bicyclic) bond motifs is 6. The normalized spacial score (nSPS) is 54.8. The lowest BCUT2D eigenvalue weighted by molar-refractivity contribution is -0.195. The third kappa shape index (κ3) is 2.03. The summed E-state index contributed by atoms with van der Waals surface area (Å²) in [7, 11) is 0. The van der Waals surface area contributed by atoms with E-state index in [1.807, 2.05) is 6.08 Å². The minimum atomic E-state index is -0.545. The molecule has 5 rings (SSSR count). The van der Waals surface area contributed by atoms with E-state index in [0.29, 0.717) is 5.78 Å². The Bertz CT molecular complexity index is 639. The second-order valence-corrected chi connectivity index (χ2v) is 10.1. The highest BCUT2D eigenvalue weighted by Gasteiger charge is 2.66. The van der Waals surface area contributed by atoms with Gasteiger partial charge in [-0.2, -0.15) is 0 Å². The molecule has 1 aliphatic heterocycles. The molecule has 0 aromatic rings. The molecule has 5 aliphatic rings. The number of rotatable bonds is 0. The Labute approximate surface area is 151 Å². The van der Waals surface area contributed by atoms with Gasteiger partial charge in [-0.05, 0) is 86.0 Å². The maximum absolute atomic E-state index is 11.9. The lowest BCUT2D eigenvalue weighted by atomic mass is 9.46. The minimum absolute atomic E-state index is 0.0679. The van der Waals surface area contributed by atoms with E-state index in [9.17, 15) is 9.90 Å². The highest BCUT2D eigenvalue weighted by molar-refractivity contribution is 5.91. The number of ether oxygens (including phenoxy) is 1. The van der Waals surface area contributed by atoms with E-state index in [4.69, 9.17) is 4.74 Å². The summed E-state index contributed by atoms with van der Waals surface area (Å²) in [5, 5.41) is 10.1. The fourth-order valence-corrected chi connectivity index (χ4v) is 7.99. The number of aliphatic hydroxyl groups excluding tert-OH is 1. The third-order valence-electron chi connectivity index (χ3n) is 9.41. The molecular formula is C22H32O3. The summed E-state index contributed by atoms with van der Waals surface area (Å²) in [6.07, 6.45) is 12.3. The average Bonchev–Trinajstić information content (AvgIpc) is 3.10. The predicted octanol–water partition coefficient (Wildman–Crippen LogP) is 4.39. The summed E-state index contributed by atoms with van der Waals surface area (Å²) in [4.78, 5) is 11.9. The molecule has 0 bridgehead atoms. The first kappa shape index (κ1) is 16.5. The molecule has 1 spiro atoms. The zero-order valence-corrected chi connectivity index (χ0v) is 15.7. The van der Waals surface area contributed by atoms with E-state index in [2.05, 4.69) is 13.8 Å². The van der Waals surface area contributed by atoms with E-state index in [-0.39, 0.29) is 16.4 Å². The number of carbonyl (C=O) groups excluding carboxylic acids is 1. The van der Waals surface area contributed by atoms with Gasteiger partial charge in [-0.15, -0.1) is 0 Å². The molecular weight excluding hydrogens is 312 g/mol. The smallest absolute Gasteiger partial charge is 0.155 e. The highest BCUT2D eigenvalue weighted by Crippen LogP contribution is 2.69. The molecule has 0 aromatic carbocycles. The standard InChI is InChI=1S/C22H32O3/c1-20-9-5-15(23)13-14(20)3-4-16-17(20)6-10-21(2)18(16)7-11-22(21)12-8-19(24)25-22/h13,16-19,24H,3-12H2,1-2H3/t16-,17+,18+,19-,20+,21+,22-/m1/s1. The van der Waals surface area contributed by atoms with E-state index >= 15 is 0 Å². The van der Waals surface area contributed by atoms with Gasteiger partial charge < -0.3 is 9.84 Å². The minimum Gasteiger partial charge on any atom is -0.368 e. The van der Waals surface area contributed by atoms with Crippen LogP contribution in [0, 0.1) is 28.6 Å². The second kappa shape index (κ2) is 5.19. The van der Waals surface area contributed by atoms with E-state index in [0.717, 1.165) is 56.3 Å². The molecule has 4 fully saturated rings. The Morgan fingerprint density at radius 1 is 1.00 bits per heavy atom. The molecule has 0 unspecified atom stereocenters. The average molecular weight is 344 g/mol. The van der Waals surface area contributed by atoms with Crippen LogP contribution in [-0.2, 0) is 9.53 Å². The van der Waals surface area contributed by atoms with Crippen molar-refractivity contribution in [3.05, 3.63) is 11.6 Å². The van der Waals surface area contributed by atoms with Gasteiger partial charge in [0.1, 0.15) is 0 Å². The molecule has 25 heavy (non-hydrogen) atoms. The van der Waals surface area contributed by atoms with Crippen LogP contribution in [0.15, 0.2) is 11.6 Å². The van der Waals surface area contributed by atoms with Crippen LogP contribution < -0.4 is 0 Å². The van der Waals surface area contributed by atoms with Crippen LogP contribution in [0.2, 0.25) is 0 Å². The molecule has 3 saturated carbocycles. The Morgan fingerprint density at radius 2 is 1.76 bits per heavy atom. The highest BCUT2D eigenvalue weighted by atomic mass is 16.6. The summed E-state index contributed by atoms with van der Waals surface area (Å²) in [5.74, 6) is 2.59. The topological polar surface area (TPSA) is 46.5 Å². The Kier molecular flexibility index (Phi) is 3.43. The van der Waals surface area contributed by atoms with Gasteiger partial charge in [0.15, 0.2) is 12.1 Å². The van der Waals surface area contributed by atoms with E-state index in [1.54, 1.807) is 0 Å². The van der Waals surface area contributed by atoms with Gasteiger partial charge in [0, 0.05) is 12.8 Å². The van der Waals surface area contributed by atoms with Gasteiger partial charge >= 0.3 is 0 Å². The second-order valence-electron chi connectivity index (χ2n) is 10.1. The van der Waals surface area contributed by atoms with E-state index in [1.165, 1.54) is 31.3 Å². The Morgan fingerprint density at radius 3 is 2.52 bits per heavy atom. The molecule has 0 aromatic heterocycles. The van der Waals surface area contributed by atoms with Crippen LogP contribution in [0.25, 0.3) is 0 Å². The lowest BCUT2D eigenvalue weighted by Gasteiger charge is -2.59. The summed E-state index contributed by atoms with van der Waals surface area (Å²) < 4.78 is 6.21. The SMILES string of the molecule is C[C@]12CCC(=O)C=C1CC[C@@H]1[C@@H]2CC[C@@]2(C)[C@H]1CC[C@@]21CC[C@H](O)O1. The van der Waals surface area contributed by atoms with Crippen LogP contribution in [-0.4, -0.2) is 22.8 Å². The summed E-state index contributed by atoms with van der Waals surface area (Å²) in [6.45, 7) is 4.92. The fraction of sp³-hybridized carbons (Fsp3) is 0.864. The monoisotopic (exact) mass is 344 g/mol. The molecule has 1 heterocycles. The molecule has 0 radical (unpaired) electrons. The quantitative estimate of drug-likeness (QED) is 0.709. The number of allylic oxidation sites excluding steroid dienone is 1. The van der Waals surface area contributed by atoms with Crippen molar-refractivity contribution in [2.75, 3.05) is 0 Å². The third-order valence-corrected chi connectivity index (χ3v) is 9.41. The van der Waals surface area contributed by atoms with Crippen molar-refractivity contribution in [1.82, 2.24) is 0 Å². The van der Waals surface area contributed by atoms with Crippen LogP contribution in [0.1, 0.15) is 78.1 Å². The largest absolute Gasteiger partial charge is 0.368 e. The number of hydrogen-bond acceptors (Lipinski definition) is 3. The molecule has 7 atom stereocenters. The first-order valence-electron chi connectivity index (χ1n) is 10.5. The molecule has 1 N–H and O–H groups in total. The molecule has 3 nitrogen and oxygen atoms in total. The maximum Gasteiger partial charge on any atom is 0.155 e. The van der Waals surface area contributed by atoms with Crippen LogP contribution in [0.5, 0.6) is 0 Å². The van der Waals surface area contributed by atoms with Crippen molar-refractivity contribution in [2.45, 2.75) is 89.9 Å². The van der Waals surface area contributed by atoms with Gasteiger partial charge in [-0.3, -0.25) is 4.79 Å². The number of hydrogen-bond donors (Lipinski definition) is 1. The van der Waals surface area contributed by atoms with Crippen molar-refractivity contribution in [1.29, 1.82) is 0 Å². The van der Waals surface area contributed by atoms with Gasteiger partial charge in [0.25, 0.3) is 0 Å². The van der Waals surface area contributed by atoms with Gasteiger partial charge in [-0.25, -0.2) is 0 Å². The summed E-state index contributed by atoms with van der Waals surface area (Å²) in [6, 6.07) is 0. The molecule has 138 valence electrons. The van der Waals surface area contributed by atoms with Crippen molar-refractivity contribution in [3.8, 4) is 0 Å². The van der Waals surface area contributed by atoms with Crippen LogP contribution in [0.4, 0.5) is 0 Å². The van der Waals surface area contributed by atoms with Gasteiger partial charge in [0.05, 0.1) is 5.60 Å². The van der Waals surface area contributed by atoms with Crippen molar-refractivity contribution in [2.24, 2.45) is 28.6 Å². The van der Waals surface area contributed by atoms with Crippen molar-refractivity contribution < 1.29 is 14.6 Å². The first-order chi connectivity index (χ1) is 11.9. The molecule has 1 saturated heterocycles. The van der Waals surface area contributed by atoms with E-state index < -0.39 is 6.29 Å². The van der Waals surface area contributed by atoms with Crippen LogP contribution >= 0.6 is 0 Å². The van der Waals surface area contributed by atoms with Crippen molar-refractivity contribution in [3.63, 3.8) is 0 Å². The number of carbonyl (C=O) groups is 1. The maximum atomic E-state index is 11.9. The van der Waals surface area contributed by atoms with Crippen molar-refractivity contribution >= 4 is 5.78 Å². The summed E-state index contributed by atoms with van der Waals surface area (Å²) >= 11 is 0. The fourth-order valence-electron chi connectivity index (χ4n) is 7.99. The summed E-state index contributed by atoms with van der Waals surface area (Å²) in [5.41, 5.74) is 1.87. The Hall–Kier alpha value is -0.670. The number of aliphatic hydroxyl groups is 1.